The van der Waals surface area contributed by atoms with Gasteiger partial charge in [0.15, 0.2) is 0 Å². The molecule has 1 aromatic heterocycles. The van der Waals surface area contributed by atoms with Crippen molar-refractivity contribution in [1.82, 2.24) is 9.78 Å². The summed E-state index contributed by atoms with van der Waals surface area (Å²) in [7, 11) is 1.49. The van der Waals surface area contributed by atoms with Crippen LogP contribution >= 0.6 is 45.2 Å². The Balaban J connectivity index is 1.59. The van der Waals surface area contributed by atoms with Gasteiger partial charge in [-0.15, -0.1) is 0 Å². The fourth-order valence-corrected chi connectivity index (χ4v) is 5.44. The molecule has 164 valence electrons. The zero-order chi connectivity index (χ0) is 22.1. The van der Waals surface area contributed by atoms with Gasteiger partial charge in [-0.3, -0.25) is 9.48 Å². The number of alkyl halides is 2. The Labute approximate surface area is 206 Å². The fraction of sp³-hybridized carbons (Fsp3) is 0.364. The molecule has 1 fully saturated rings. The number of carbonyl (C=O) groups is 1. The highest BCUT2D eigenvalue weighted by Crippen LogP contribution is 2.39. The Morgan fingerprint density at radius 3 is 2.61 bits per heavy atom. The molecule has 1 amide bonds. The molecule has 0 radical (unpaired) electrons. The van der Waals surface area contributed by atoms with Crippen LogP contribution in [-0.4, -0.2) is 24.7 Å². The molecule has 1 heterocycles. The summed E-state index contributed by atoms with van der Waals surface area (Å²) < 4.78 is 35.5. The van der Waals surface area contributed by atoms with Gasteiger partial charge in [0.1, 0.15) is 17.4 Å². The highest BCUT2D eigenvalue weighted by molar-refractivity contribution is 14.2. The van der Waals surface area contributed by atoms with Crippen molar-refractivity contribution in [2.24, 2.45) is 5.92 Å². The SMILES string of the molecule is COc1cc2nn(C3CCC(C(I)I)CC3)cc2cc1NC(=O)c1cc(F)ccc1F. The minimum atomic E-state index is -0.789. The maximum Gasteiger partial charge on any atom is 0.258 e. The second kappa shape index (κ2) is 9.55. The maximum atomic E-state index is 14.0. The number of hydrogen-bond donors (Lipinski definition) is 1. The zero-order valence-electron chi connectivity index (χ0n) is 16.7. The average Bonchev–Trinajstić information content (AvgIpc) is 3.17. The summed E-state index contributed by atoms with van der Waals surface area (Å²) in [5.41, 5.74) is 0.776. The van der Waals surface area contributed by atoms with E-state index in [2.05, 4.69) is 50.5 Å². The Morgan fingerprint density at radius 1 is 1.19 bits per heavy atom. The minimum Gasteiger partial charge on any atom is -0.494 e. The van der Waals surface area contributed by atoms with Gasteiger partial charge in [0.25, 0.3) is 5.91 Å². The van der Waals surface area contributed by atoms with Crippen molar-refractivity contribution in [1.29, 1.82) is 0 Å². The van der Waals surface area contributed by atoms with E-state index in [4.69, 9.17) is 9.84 Å². The van der Waals surface area contributed by atoms with Crippen molar-refractivity contribution in [2.75, 3.05) is 12.4 Å². The van der Waals surface area contributed by atoms with E-state index in [1.54, 1.807) is 12.1 Å². The van der Waals surface area contributed by atoms with E-state index in [-0.39, 0.29) is 5.56 Å². The number of nitrogens with one attached hydrogen (secondary N) is 1. The summed E-state index contributed by atoms with van der Waals surface area (Å²) in [4.78, 5) is 12.5. The number of benzene rings is 2. The topological polar surface area (TPSA) is 56.1 Å². The van der Waals surface area contributed by atoms with Crippen LogP contribution in [-0.2, 0) is 0 Å². The van der Waals surface area contributed by atoms with Gasteiger partial charge in [0.05, 0.1) is 31.9 Å². The van der Waals surface area contributed by atoms with E-state index in [1.165, 1.54) is 20.0 Å². The molecule has 2 aromatic carbocycles. The molecule has 3 aromatic rings. The fourth-order valence-electron chi connectivity index (χ4n) is 4.00. The van der Waals surface area contributed by atoms with E-state index < -0.39 is 17.5 Å². The first-order valence-corrected chi connectivity index (χ1v) is 12.5. The number of anilines is 1. The lowest BCUT2D eigenvalue weighted by Gasteiger charge is -2.29. The first kappa shape index (κ1) is 22.7. The average molecular weight is 651 g/mol. The number of amides is 1. The standard InChI is InChI=1S/C22H21F2I2N3O2/c1-31-20-10-18-13(11-29(28-18)15-5-2-12(3-6-15)21(25)26)8-19(20)27-22(30)16-9-14(23)4-7-17(16)24/h4,7-12,15,21H,2-3,5-6H2,1H3,(H,27,30). The normalized spacial score (nSPS) is 19.0. The number of rotatable bonds is 5. The zero-order valence-corrected chi connectivity index (χ0v) is 21.1. The number of ether oxygens (including phenoxy) is 1. The van der Waals surface area contributed by atoms with Gasteiger partial charge in [0, 0.05) is 17.6 Å². The Morgan fingerprint density at radius 2 is 1.94 bits per heavy atom. The first-order chi connectivity index (χ1) is 14.9. The van der Waals surface area contributed by atoms with Crippen molar-refractivity contribution < 1.29 is 18.3 Å². The van der Waals surface area contributed by atoms with Crippen LogP contribution in [0, 0.1) is 17.6 Å². The second-order valence-corrected chi connectivity index (χ2v) is 12.8. The molecule has 0 atom stereocenters. The van der Waals surface area contributed by atoms with Crippen LogP contribution in [0.25, 0.3) is 10.9 Å². The third-order valence-electron chi connectivity index (χ3n) is 5.74. The summed E-state index contributed by atoms with van der Waals surface area (Å²) in [6.45, 7) is 0. The molecule has 0 spiro atoms. The van der Waals surface area contributed by atoms with Crippen LogP contribution in [0.3, 0.4) is 0 Å². The molecule has 0 bridgehead atoms. The lowest BCUT2D eigenvalue weighted by molar-refractivity contribution is 0.102. The monoisotopic (exact) mass is 651 g/mol. The molecule has 1 aliphatic carbocycles. The molecule has 9 heteroatoms. The molecular formula is C22H21F2I2N3O2. The van der Waals surface area contributed by atoms with Crippen molar-refractivity contribution in [3.63, 3.8) is 0 Å². The van der Waals surface area contributed by atoms with Gasteiger partial charge in [0.2, 0.25) is 0 Å². The van der Waals surface area contributed by atoms with Gasteiger partial charge in [-0.1, -0.05) is 45.2 Å². The predicted molar refractivity (Wildman–Crippen MR) is 133 cm³/mol. The smallest absolute Gasteiger partial charge is 0.258 e. The first-order valence-electron chi connectivity index (χ1n) is 9.97. The van der Waals surface area contributed by atoms with Crippen LogP contribution in [0.4, 0.5) is 14.5 Å². The van der Waals surface area contributed by atoms with Gasteiger partial charge in [-0.2, -0.15) is 5.10 Å². The van der Waals surface area contributed by atoms with Gasteiger partial charge in [-0.25, -0.2) is 8.78 Å². The Bertz CT molecular complexity index is 1110. The third kappa shape index (κ3) is 4.96. The molecule has 1 saturated carbocycles. The van der Waals surface area contributed by atoms with Gasteiger partial charge < -0.3 is 10.1 Å². The lowest BCUT2D eigenvalue weighted by Crippen LogP contribution is -2.21. The summed E-state index contributed by atoms with van der Waals surface area (Å²) in [6.07, 6.45) is 6.51. The van der Waals surface area contributed by atoms with Crippen molar-refractivity contribution in [3.8, 4) is 5.75 Å². The number of hydrogen-bond acceptors (Lipinski definition) is 3. The minimum absolute atomic E-state index is 0.348. The number of methoxy groups -OCH3 is 1. The molecule has 5 nitrogen and oxygen atoms in total. The van der Waals surface area contributed by atoms with Crippen LogP contribution in [0.1, 0.15) is 42.1 Å². The molecular weight excluding hydrogens is 630 g/mol. The summed E-state index contributed by atoms with van der Waals surface area (Å²) >= 11 is 4.99. The number of halogens is 4. The molecule has 0 saturated heterocycles. The molecule has 1 aliphatic rings. The molecule has 4 rings (SSSR count). The summed E-state index contributed by atoms with van der Waals surface area (Å²) in [5.74, 6) is -1.06. The van der Waals surface area contributed by atoms with Crippen LogP contribution in [0.2, 0.25) is 0 Å². The Hall–Kier alpha value is -1.50. The number of aromatic nitrogens is 2. The van der Waals surface area contributed by atoms with E-state index in [0.29, 0.717) is 19.4 Å². The lowest BCUT2D eigenvalue weighted by atomic mass is 9.87. The van der Waals surface area contributed by atoms with Crippen molar-refractivity contribution in [2.45, 2.75) is 33.7 Å². The number of carbonyl (C=O) groups excluding carboxylic acids is 1. The predicted octanol–water partition coefficient (Wildman–Crippen LogP) is 6.50. The Kier molecular flexibility index (Phi) is 6.99. The quantitative estimate of drug-likeness (QED) is 0.253. The maximum absolute atomic E-state index is 14.0. The number of fused-ring (bicyclic) bond motifs is 1. The van der Waals surface area contributed by atoms with Crippen LogP contribution < -0.4 is 10.1 Å². The van der Waals surface area contributed by atoms with Crippen molar-refractivity contribution >= 4 is 67.7 Å². The van der Waals surface area contributed by atoms with E-state index in [9.17, 15) is 13.6 Å². The second-order valence-electron chi connectivity index (χ2n) is 7.70. The van der Waals surface area contributed by atoms with Gasteiger partial charge >= 0.3 is 0 Å². The van der Waals surface area contributed by atoms with E-state index >= 15 is 0 Å². The highest BCUT2D eigenvalue weighted by Gasteiger charge is 2.26. The number of nitrogens with zero attached hydrogens (tertiary/aromatic N) is 2. The summed E-state index contributed by atoms with van der Waals surface area (Å²) in [6, 6.07) is 6.63. The summed E-state index contributed by atoms with van der Waals surface area (Å²) in [5, 5.41) is 8.21. The van der Waals surface area contributed by atoms with Crippen LogP contribution in [0.15, 0.2) is 36.5 Å². The van der Waals surface area contributed by atoms with Crippen molar-refractivity contribution in [3.05, 3.63) is 53.7 Å². The molecule has 1 N–H and O–H groups in total. The molecule has 0 unspecified atom stereocenters. The molecule has 0 aliphatic heterocycles. The molecule has 31 heavy (non-hydrogen) atoms. The van der Waals surface area contributed by atoms with Gasteiger partial charge in [-0.05, 0) is 55.9 Å². The third-order valence-corrected chi connectivity index (χ3v) is 7.77. The highest BCUT2D eigenvalue weighted by atomic mass is 127. The van der Waals surface area contributed by atoms with E-state index in [1.807, 2.05) is 10.9 Å². The van der Waals surface area contributed by atoms with Crippen LogP contribution in [0.5, 0.6) is 5.75 Å². The largest absolute Gasteiger partial charge is 0.494 e. The van der Waals surface area contributed by atoms with E-state index in [0.717, 1.165) is 47.9 Å².